The lowest BCUT2D eigenvalue weighted by Gasteiger charge is -2.23. The van der Waals surface area contributed by atoms with E-state index in [0.29, 0.717) is 22.9 Å². The molecule has 2 amide bonds. The summed E-state index contributed by atoms with van der Waals surface area (Å²) in [5.41, 5.74) is -4.17. The average molecular weight is 611 g/mol. The Kier molecular flexibility index (Phi) is 7.45. The summed E-state index contributed by atoms with van der Waals surface area (Å²) in [5, 5.41) is 10.7. The van der Waals surface area contributed by atoms with Crippen LogP contribution < -0.4 is 15.6 Å². The topological polar surface area (TPSA) is 105 Å². The van der Waals surface area contributed by atoms with Crippen molar-refractivity contribution in [1.82, 2.24) is 14.9 Å². The molecule has 5 rings (SSSR count). The van der Waals surface area contributed by atoms with Crippen LogP contribution in [0.5, 0.6) is 0 Å². The molecule has 0 aliphatic carbocycles. The molecule has 0 saturated carbocycles. The highest BCUT2D eigenvalue weighted by Crippen LogP contribution is 2.36. The van der Waals surface area contributed by atoms with Gasteiger partial charge in [0.1, 0.15) is 22.9 Å². The lowest BCUT2D eigenvalue weighted by atomic mass is 10.1. The number of hydrogen-bond donors (Lipinski definition) is 2. The maximum atomic E-state index is 14.9. The van der Waals surface area contributed by atoms with E-state index in [-0.39, 0.29) is 23.8 Å². The van der Waals surface area contributed by atoms with Crippen molar-refractivity contribution in [2.24, 2.45) is 0 Å². The van der Waals surface area contributed by atoms with E-state index in [0.717, 1.165) is 29.2 Å². The number of aliphatic hydroxyl groups is 1. The summed E-state index contributed by atoms with van der Waals surface area (Å²) in [7, 11) is 0. The summed E-state index contributed by atoms with van der Waals surface area (Å²) in [6.45, 7) is -0.178. The van der Waals surface area contributed by atoms with Crippen LogP contribution in [0.2, 0.25) is 5.02 Å². The molecule has 2 N–H and O–H groups in total. The van der Waals surface area contributed by atoms with Gasteiger partial charge in [-0.25, -0.2) is 18.2 Å². The largest absolute Gasteiger partial charge is 0.412 e. The fourth-order valence-electron chi connectivity index (χ4n) is 4.60. The van der Waals surface area contributed by atoms with Crippen LogP contribution in [-0.2, 0) is 4.79 Å². The fourth-order valence-corrected chi connectivity index (χ4v) is 4.85. The lowest BCUT2D eigenvalue weighted by molar-refractivity contribution is -0.155. The lowest BCUT2D eigenvalue weighted by Crippen LogP contribution is -2.40. The SMILES string of the molecule is O=C(NC(c1ccccc1Cl)C(F)(F)F)c1cn(-c2c(F)cc(F)cc2F)c2nc(N3C[C@@H](O)CC3=O)ccc2c1=O. The Labute approximate surface area is 236 Å². The van der Waals surface area contributed by atoms with E-state index in [2.05, 4.69) is 4.98 Å². The normalized spacial score (nSPS) is 16.2. The van der Waals surface area contributed by atoms with Gasteiger partial charge < -0.3 is 10.4 Å². The van der Waals surface area contributed by atoms with Gasteiger partial charge in [-0.1, -0.05) is 29.8 Å². The standard InChI is InChI=1S/C27H17ClF6N4O4/c28-17-4-2-1-3-14(17)24(27(32,33)34)36-26(42)16-11-38(22-18(30)7-12(29)8-19(22)31)25-15(23(16)41)5-6-20(35-25)37-10-13(39)9-21(37)40/h1-8,11,13,24,39H,9-10H2,(H,36,42)/t13-,24?/m0/s1. The molecule has 1 saturated heterocycles. The van der Waals surface area contributed by atoms with Gasteiger partial charge in [0.2, 0.25) is 11.3 Å². The zero-order chi connectivity index (χ0) is 30.5. The van der Waals surface area contributed by atoms with Gasteiger partial charge in [-0.3, -0.25) is 23.9 Å². The van der Waals surface area contributed by atoms with Crippen LogP contribution in [-0.4, -0.2) is 45.3 Å². The number of benzene rings is 2. The number of pyridine rings is 2. The Balaban J connectivity index is 1.71. The molecule has 4 aromatic rings. The number of carbonyl (C=O) groups excluding carboxylic acids is 2. The Morgan fingerprint density at radius 3 is 2.33 bits per heavy atom. The minimum absolute atomic E-state index is 0.131. The number of anilines is 1. The number of aliphatic hydroxyl groups excluding tert-OH is 1. The molecule has 8 nitrogen and oxygen atoms in total. The third kappa shape index (κ3) is 5.30. The molecule has 1 fully saturated rings. The van der Waals surface area contributed by atoms with Crippen molar-refractivity contribution >= 4 is 40.3 Å². The van der Waals surface area contributed by atoms with Crippen molar-refractivity contribution in [3.63, 3.8) is 0 Å². The molecule has 0 spiro atoms. The summed E-state index contributed by atoms with van der Waals surface area (Å²) >= 11 is 5.92. The number of carbonyl (C=O) groups is 2. The summed E-state index contributed by atoms with van der Waals surface area (Å²) in [4.78, 5) is 44.1. The van der Waals surface area contributed by atoms with Crippen molar-refractivity contribution in [3.05, 3.63) is 98.6 Å². The molecule has 2 atom stereocenters. The second-order valence-electron chi connectivity index (χ2n) is 9.33. The van der Waals surface area contributed by atoms with Crippen LogP contribution in [0.4, 0.5) is 32.2 Å². The second-order valence-corrected chi connectivity index (χ2v) is 9.74. The molecule has 1 aliphatic rings. The first-order valence-electron chi connectivity index (χ1n) is 12.1. The zero-order valence-corrected chi connectivity index (χ0v) is 21.7. The highest BCUT2D eigenvalue weighted by molar-refractivity contribution is 6.31. The van der Waals surface area contributed by atoms with Gasteiger partial charge in [0.15, 0.2) is 23.3 Å². The van der Waals surface area contributed by atoms with Crippen molar-refractivity contribution in [3.8, 4) is 5.69 Å². The van der Waals surface area contributed by atoms with E-state index in [1.807, 2.05) is 0 Å². The molecule has 42 heavy (non-hydrogen) atoms. The Morgan fingerprint density at radius 1 is 1.07 bits per heavy atom. The Bertz CT molecular complexity index is 1790. The Morgan fingerprint density at radius 2 is 1.74 bits per heavy atom. The second kappa shape index (κ2) is 10.8. The van der Waals surface area contributed by atoms with E-state index in [1.165, 1.54) is 12.1 Å². The van der Waals surface area contributed by atoms with Gasteiger partial charge in [-0.15, -0.1) is 0 Å². The maximum Gasteiger partial charge on any atom is 0.412 e. The van der Waals surface area contributed by atoms with E-state index in [1.54, 1.807) is 5.32 Å². The van der Waals surface area contributed by atoms with E-state index in [9.17, 15) is 45.8 Å². The highest BCUT2D eigenvalue weighted by atomic mass is 35.5. The quantitative estimate of drug-likeness (QED) is 0.322. The molecule has 1 aliphatic heterocycles. The zero-order valence-electron chi connectivity index (χ0n) is 20.9. The van der Waals surface area contributed by atoms with Gasteiger partial charge in [-0.05, 0) is 18.2 Å². The molecule has 0 bridgehead atoms. The first kappa shape index (κ1) is 29.1. The predicted octanol–water partition coefficient (Wildman–Crippen LogP) is 4.59. The third-order valence-electron chi connectivity index (χ3n) is 6.50. The number of nitrogens with zero attached hydrogens (tertiary/aromatic N) is 3. The van der Waals surface area contributed by atoms with Gasteiger partial charge in [-0.2, -0.15) is 13.2 Å². The summed E-state index contributed by atoms with van der Waals surface area (Å²) in [6.07, 6.45) is -5.78. The van der Waals surface area contributed by atoms with Gasteiger partial charge in [0.05, 0.1) is 24.5 Å². The number of hydrogen-bond acceptors (Lipinski definition) is 5. The van der Waals surface area contributed by atoms with Crippen molar-refractivity contribution in [1.29, 1.82) is 0 Å². The number of amides is 2. The van der Waals surface area contributed by atoms with Gasteiger partial charge in [0, 0.05) is 28.9 Å². The van der Waals surface area contributed by atoms with Crippen LogP contribution >= 0.6 is 11.6 Å². The van der Waals surface area contributed by atoms with Crippen molar-refractivity contribution in [2.45, 2.75) is 24.7 Å². The molecule has 0 radical (unpaired) electrons. The minimum Gasteiger partial charge on any atom is -0.391 e. The molecule has 15 heteroatoms. The molecule has 218 valence electrons. The van der Waals surface area contributed by atoms with Crippen LogP contribution in [0.25, 0.3) is 16.7 Å². The molecule has 2 aromatic carbocycles. The number of rotatable bonds is 5. The van der Waals surface area contributed by atoms with Gasteiger partial charge >= 0.3 is 6.18 Å². The molecular formula is C27H17ClF6N4O4. The maximum absolute atomic E-state index is 14.9. The number of alkyl halides is 3. The van der Waals surface area contributed by atoms with Crippen LogP contribution in [0.1, 0.15) is 28.4 Å². The summed E-state index contributed by atoms with van der Waals surface area (Å²) in [5.74, 6) is -6.52. The smallest absolute Gasteiger partial charge is 0.391 e. The highest BCUT2D eigenvalue weighted by Gasteiger charge is 2.43. The van der Waals surface area contributed by atoms with Crippen LogP contribution in [0.3, 0.4) is 0 Å². The van der Waals surface area contributed by atoms with Crippen LogP contribution in [0.15, 0.2) is 59.5 Å². The van der Waals surface area contributed by atoms with Crippen molar-refractivity contribution < 1.29 is 41.0 Å². The van der Waals surface area contributed by atoms with Crippen molar-refractivity contribution in [2.75, 3.05) is 11.4 Å². The number of nitrogens with one attached hydrogen (secondary N) is 1. The first-order chi connectivity index (χ1) is 19.8. The fraction of sp³-hybridized carbons (Fsp3) is 0.185. The monoisotopic (exact) mass is 610 g/mol. The van der Waals surface area contributed by atoms with Crippen LogP contribution in [0, 0.1) is 17.5 Å². The number of halogens is 7. The third-order valence-corrected chi connectivity index (χ3v) is 6.85. The summed E-state index contributed by atoms with van der Waals surface area (Å²) in [6, 6.07) is 4.96. The predicted molar refractivity (Wildman–Crippen MR) is 138 cm³/mol. The summed E-state index contributed by atoms with van der Waals surface area (Å²) < 4.78 is 86.2. The molecule has 2 aromatic heterocycles. The molecule has 3 heterocycles. The average Bonchev–Trinajstić information content (AvgIpc) is 3.25. The first-order valence-corrected chi connectivity index (χ1v) is 12.5. The van der Waals surface area contributed by atoms with Gasteiger partial charge in [0.25, 0.3) is 5.91 Å². The molecular weight excluding hydrogens is 594 g/mol. The van der Waals surface area contributed by atoms with E-state index in [4.69, 9.17) is 11.6 Å². The molecule has 1 unspecified atom stereocenters. The number of aromatic nitrogens is 2. The number of fused-ring (bicyclic) bond motifs is 1. The van der Waals surface area contributed by atoms with E-state index < -0.39 is 80.9 Å². The minimum atomic E-state index is -5.07. The van der Waals surface area contributed by atoms with E-state index >= 15 is 0 Å². The Hall–Kier alpha value is -4.43. The number of β-amino-alcohol motifs (C(OH)–C–C–N with tert-alkyl or cyclic N) is 1.